The monoisotopic (exact) mass is 267 g/mol. The van der Waals surface area contributed by atoms with E-state index in [0.29, 0.717) is 0 Å². The standard InChI is InChI=1S/C13H14FNO4/c14-10-4-2-1-3-8(10)5-12(17)15-7-9(16)6-11(15)13(18)19/h1-4,9,11,16H,5-7H2,(H,18,19)/t9-,11-/m0/s1. The number of carbonyl (C=O) groups is 2. The minimum Gasteiger partial charge on any atom is -0.480 e. The first-order chi connectivity index (χ1) is 8.99. The molecule has 1 aromatic carbocycles. The Hall–Kier alpha value is -1.95. The predicted molar refractivity (Wildman–Crippen MR) is 63.9 cm³/mol. The van der Waals surface area contributed by atoms with Gasteiger partial charge in [0, 0.05) is 13.0 Å². The Morgan fingerprint density at radius 2 is 2.05 bits per heavy atom. The number of nitrogens with zero attached hydrogens (tertiary/aromatic N) is 1. The second kappa shape index (κ2) is 5.36. The van der Waals surface area contributed by atoms with E-state index in [1.54, 1.807) is 6.07 Å². The van der Waals surface area contributed by atoms with E-state index >= 15 is 0 Å². The largest absolute Gasteiger partial charge is 0.480 e. The molecule has 102 valence electrons. The predicted octanol–water partition coefficient (Wildman–Crippen LogP) is 0.415. The molecule has 5 nitrogen and oxygen atoms in total. The molecule has 1 aromatic rings. The van der Waals surface area contributed by atoms with Crippen LogP contribution in [-0.2, 0) is 16.0 Å². The number of hydrogen-bond acceptors (Lipinski definition) is 3. The number of aliphatic carboxylic acids is 1. The number of amides is 1. The van der Waals surface area contributed by atoms with Crippen LogP contribution in [0.3, 0.4) is 0 Å². The van der Waals surface area contributed by atoms with Gasteiger partial charge in [0.05, 0.1) is 12.5 Å². The number of carbonyl (C=O) groups excluding carboxylic acids is 1. The molecule has 1 fully saturated rings. The van der Waals surface area contributed by atoms with E-state index in [-0.39, 0.29) is 24.9 Å². The number of likely N-dealkylation sites (tertiary alicyclic amines) is 1. The van der Waals surface area contributed by atoms with E-state index in [4.69, 9.17) is 5.11 Å². The van der Waals surface area contributed by atoms with E-state index < -0.39 is 29.8 Å². The highest BCUT2D eigenvalue weighted by Crippen LogP contribution is 2.20. The lowest BCUT2D eigenvalue weighted by molar-refractivity contribution is -0.148. The molecular formula is C13H14FNO4. The first-order valence-corrected chi connectivity index (χ1v) is 5.92. The van der Waals surface area contributed by atoms with Crippen molar-refractivity contribution in [2.75, 3.05) is 6.54 Å². The highest BCUT2D eigenvalue weighted by Gasteiger charge is 2.38. The molecule has 0 aromatic heterocycles. The van der Waals surface area contributed by atoms with Gasteiger partial charge in [-0.2, -0.15) is 0 Å². The van der Waals surface area contributed by atoms with Crippen molar-refractivity contribution in [2.24, 2.45) is 0 Å². The number of benzene rings is 1. The van der Waals surface area contributed by atoms with Crippen molar-refractivity contribution in [3.63, 3.8) is 0 Å². The second-order valence-corrected chi connectivity index (χ2v) is 4.56. The van der Waals surface area contributed by atoms with Crippen LogP contribution in [0.2, 0.25) is 0 Å². The molecule has 1 amide bonds. The molecule has 2 rings (SSSR count). The molecule has 1 heterocycles. The molecule has 1 saturated heterocycles. The molecule has 19 heavy (non-hydrogen) atoms. The Labute approximate surface area is 109 Å². The van der Waals surface area contributed by atoms with Crippen molar-refractivity contribution in [2.45, 2.75) is 25.0 Å². The summed E-state index contributed by atoms with van der Waals surface area (Å²) < 4.78 is 13.4. The Morgan fingerprint density at radius 3 is 2.68 bits per heavy atom. The number of rotatable bonds is 3. The van der Waals surface area contributed by atoms with Gasteiger partial charge in [-0.25, -0.2) is 9.18 Å². The van der Waals surface area contributed by atoms with Crippen molar-refractivity contribution in [3.8, 4) is 0 Å². The third-order valence-corrected chi connectivity index (χ3v) is 3.18. The van der Waals surface area contributed by atoms with E-state index in [1.165, 1.54) is 18.2 Å². The van der Waals surface area contributed by atoms with Gasteiger partial charge in [-0.05, 0) is 11.6 Å². The Bertz CT molecular complexity index is 505. The van der Waals surface area contributed by atoms with Gasteiger partial charge in [-0.3, -0.25) is 4.79 Å². The topological polar surface area (TPSA) is 77.8 Å². The summed E-state index contributed by atoms with van der Waals surface area (Å²) in [7, 11) is 0. The van der Waals surface area contributed by atoms with Crippen molar-refractivity contribution >= 4 is 11.9 Å². The van der Waals surface area contributed by atoms with Crippen LogP contribution in [0.4, 0.5) is 4.39 Å². The number of carboxylic acid groups (broad SMARTS) is 1. The molecule has 6 heteroatoms. The zero-order valence-electron chi connectivity index (χ0n) is 10.1. The molecule has 0 spiro atoms. The van der Waals surface area contributed by atoms with Gasteiger partial charge in [0.25, 0.3) is 0 Å². The lowest BCUT2D eigenvalue weighted by Crippen LogP contribution is -2.41. The Balaban J connectivity index is 2.11. The first kappa shape index (κ1) is 13.5. The lowest BCUT2D eigenvalue weighted by Gasteiger charge is -2.21. The summed E-state index contributed by atoms with van der Waals surface area (Å²) in [6.45, 7) is -0.0236. The third kappa shape index (κ3) is 2.90. The Morgan fingerprint density at radius 1 is 1.37 bits per heavy atom. The van der Waals surface area contributed by atoms with Crippen LogP contribution in [-0.4, -0.2) is 45.7 Å². The SMILES string of the molecule is O=C(O)[C@@H]1C[C@H](O)CN1C(=O)Cc1ccccc1F. The zero-order chi connectivity index (χ0) is 14.0. The molecular weight excluding hydrogens is 253 g/mol. The average molecular weight is 267 g/mol. The number of β-amino-alcohol motifs (C(OH)–C–C–N with tert-alkyl or cyclic N) is 1. The van der Waals surface area contributed by atoms with Crippen LogP contribution < -0.4 is 0 Å². The van der Waals surface area contributed by atoms with Crippen LogP contribution in [0.25, 0.3) is 0 Å². The Kier molecular flexibility index (Phi) is 3.80. The van der Waals surface area contributed by atoms with Crippen molar-refractivity contribution in [1.82, 2.24) is 4.90 Å². The van der Waals surface area contributed by atoms with Crippen LogP contribution >= 0.6 is 0 Å². The van der Waals surface area contributed by atoms with Crippen LogP contribution in [0.1, 0.15) is 12.0 Å². The summed E-state index contributed by atoms with van der Waals surface area (Å²) >= 11 is 0. The number of hydrogen-bond donors (Lipinski definition) is 2. The fraction of sp³-hybridized carbons (Fsp3) is 0.385. The van der Waals surface area contributed by atoms with Crippen LogP contribution in [0.5, 0.6) is 0 Å². The van der Waals surface area contributed by atoms with Gasteiger partial charge in [0.1, 0.15) is 11.9 Å². The van der Waals surface area contributed by atoms with E-state index in [2.05, 4.69) is 0 Å². The number of aliphatic hydroxyl groups is 1. The van der Waals surface area contributed by atoms with E-state index in [0.717, 1.165) is 4.90 Å². The van der Waals surface area contributed by atoms with Gasteiger partial charge >= 0.3 is 5.97 Å². The average Bonchev–Trinajstić information content (AvgIpc) is 2.74. The molecule has 0 aliphatic carbocycles. The summed E-state index contributed by atoms with van der Waals surface area (Å²) in [5, 5.41) is 18.4. The molecule has 1 aliphatic rings. The number of aliphatic hydroxyl groups excluding tert-OH is 1. The molecule has 2 atom stereocenters. The van der Waals surface area contributed by atoms with Gasteiger partial charge < -0.3 is 15.1 Å². The van der Waals surface area contributed by atoms with Crippen LogP contribution in [0.15, 0.2) is 24.3 Å². The quantitative estimate of drug-likeness (QED) is 0.831. The summed E-state index contributed by atoms with van der Waals surface area (Å²) in [6.07, 6.45) is -1.03. The third-order valence-electron chi connectivity index (χ3n) is 3.18. The van der Waals surface area contributed by atoms with Gasteiger partial charge in [0.15, 0.2) is 0 Å². The van der Waals surface area contributed by atoms with Gasteiger partial charge in [0.2, 0.25) is 5.91 Å². The number of carboxylic acids is 1. The first-order valence-electron chi connectivity index (χ1n) is 5.92. The summed E-state index contributed by atoms with van der Waals surface area (Å²) in [5.41, 5.74) is 0.220. The minimum absolute atomic E-state index is 0.0122. The van der Waals surface area contributed by atoms with Crippen molar-refractivity contribution in [1.29, 1.82) is 0 Å². The van der Waals surface area contributed by atoms with Gasteiger partial charge in [-0.1, -0.05) is 18.2 Å². The minimum atomic E-state index is -1.15. The smallest absolute Gasteiger partial charge is 0.326 e. The van der Waals surface area contributed by atoms with Crippen molar-refractivity contribution < 1.29 is 24.2 Å². The highest BCUT2D eigenvalue weighted by molar-refractivity contribution is 5.85. The maximum atomic E-state index is 13.4. The summed E-state index contributed by atoms with van der Waals surface area (Å²) in [6, 6.07) is 4.82. The zero-order valence-corrected chi connectivity index (χ0v) is 10.1. The number of halogens is 1. The molecule has 2 N–H and O–H groups in total. The van der Waals surface area contributed by atoms with Gasteiger partial charge in [-0.15, -0.1) is 0 Å². The van der Waals surface area contributed by atoms with Crippen LogP contribution in [0, 0.1) is 5.82 Å². The van der Waals surface area contributed by atoms with Crippen molar-refractivity contribution in [3.05, 3.63) is 35.6 Å². The fourth-order valence-electron chi connectivity index (χ4n) is 2.23. The molecule has 0 saturated carbocycles. The highest BCUT2D eigenvalue weighted by atomic mass is 19.1. The fourth-order valence-corrected chi connectivity index (χ4v) is 2.23. The molecule has 0 radical (unpaired) electrons. The van der Waals surface area contributed by atoms with E-state index in [1.807, 2.05) is 0 Å². The normalized spacial score (nSPS) is 22.5. The molecule has 0 unspecified atom stereocenters. The summed E-state index contributed by atoms with van der Waals surface area (Å²) in [5.74, 6) is -2.14. The summed E-state index contributed by atoms with van der Waals surface area (Å²) in [4.78, 5) is 24.1. The second-order valence-electron chi connectivity index (χ2n) is 4.56. The maximum Gasteiger partial charge on any atom is 0.326 e. The maximum absolute atomic E-state index is 13.4. The lowest BCUT2D eigenvalue weighted by atomic mass is 10.1. The molecule has 0 bridgehead atoms. The molecule has 1 aliphatic heterocycles. The van der Waals surface area contributed by atoms with E-state index in [9.17, 15) is 19.1 Å².